The standard InChI is InChI=1S/C26H44N4O4S/c1-19-17-24(34-6)18-20(2)26(19)35(32,33)29(5)14-13-25(31)27-21-7-9-23(10-8-21)30-15-11-22(12-16-30)28(3)4/h17-18,21-23H,7-16H2,1-6H3,(H,27,31). The monoisotopic (exact) mass is 508 g/mol. The minimum Gasteiger partial charge on any atom is -0.497 e. The van der Waals surface area contributed by atoms with Crippen molar-refractivity contribution in [2.45, 2.75) is 81.8 Å². The number of sulfonamides is 1. The molecule has 198 valence electrons. The van der Waals surface area contributed by atoms with E-state index in [1.54, 1.807) is 33.1 Å². The van der Waals surface area contributed by atoms with Gasteiger partial charge in [-0.2, -0.15) is 0 Å². The van der Waals surface area contributed by atoms with Crippen LogP contribution in [0.5, 0.6) is 5.75 Å². The number of carbonyl (C=O) groups is 1. The number of rotatable bonds is 9. The molecule has 1 saturated carbocycles. The first-order valence-corrected chi connectivity index (χ1v) is 14.3. The molecule has 1 aromatic rings. The molecule has 1 N–H and O–H groups in total. The van der Waals surface area contributed by atoms with Crippen LogP contribution in [0.1, 0.15) is 56.1 Å². The summed E-state index contributed by atoms with van der Waals surface area (Å²) in [6, 6.07) is 4.95. The highest BCUT2D eigenvalue weighted by molar-refractivity contribution is 7.89. The van der Waals surface area contributed by atoms with Gasteiger partial charge in [-0.3, -0.25) is 4.79 Å². The first kappa shape index (κ1) is 27.9. The van der Waals surface area contributed by atoms with Crippen molar-refractivity contribution in [3.05, 3.63) is 23.3 Å². The Balaban J connectivity index is 1.44. The summed E-state index contributed by atoms with van der Waals surface area (Å²) in [6.45, 7) is 6.01. The Morgan fingerprint density at radius 3 is 2.11 bits per heavy atom. The molecule has 1 saturated heterocycles. The van der Waals surface area contributed by atoms with E-state index in [9.17, 15) is 13.2 Å². The van der Waals surface area contributed by atoms with Crippen molar-refractivity contribution in [1.29, 1.82) is 0 Å². The third kappa shape index (κ3) is 6.96. The lowest BCUT2D eigenvalue weighted by molar-refractivity contribution is -0.122. The molecule has 0 spiro atoms. The first-order valence-electron chi connectivity index (χ1n) is 12.8. The highest BCUT2D eigenvalue weighted by atomic mass is 32.2. The van der Waals surface area contributed by atoms with Crippen LogP contribution in [0.15, 0.2) is 17.0 Å². The van der Waals surface area contributed by atoms with Crippen molar-refractivity contribution in [2.75, 3.05) is 47.9 Å². The summed E-state index contributed by atoms with van der Waals surface area (Å²) < 4.78 is 32.9. The van der Waals surface area contributed by atoms with Crippen LogP contribution in [0.2, 0.25) is 0 Å². The number of hydrogen-bond acceptors (Lipinski definition) is 6. The Kier molecular flexibility index (Phi) is 9.60. The van der Waals surface area contributed by atoms with Crippen LogP contribution in [0, 0.1) is 13.8 Å². The average molecular weight is 509 g/mol. The van der Waals surface area contributed by atoms with Gasteiger partial charge in [-0.05, 0) is 103 Å². The molecule has 0 atom stereocenters. The zero-order chi connectivity index (χ0) is 25.8. The quantitative estimate of drug-likeness (QED) is 0.552. The number of likely N-dealkylation sites (tertiary alicyclic amines) is 1. The van der Waals surface area contributed by atoms with Gasteiger partial charge in [0.1, 0.15) is 5.75 Å². The van der Waals surface area contributed by atoms with Gasteiger partial charge in [0.05, 0.1) is 12.0 Å². The molecule has 35 heavy (non-hydrogen) atoms. The van der Waals surface area contributed by atoms with Crippen molar-refractivity contribution >= 4 is 15.9 Å². The van der Waals surface area contributed by atoms with E-state index in [2.05, 4.69) is 29.2 Å². The number of benzene rings is 1. The summed E-state index contributed by atoms with van der Waals surface area (Å²) in [5.74, 6) is 0.555. The second-order valence-electron chi connectivity index (χ2n) is 10.5. The predicted molar refractivity (Wildman–Crippen MR) is 139 cm³/mol. The zero-order valence-electron chi connectivity index (χ0n) is 22.3. The molecule has 0 bridgehead atoms. The van der Waals surface area contributed by atoms with Crippen LogP contribution in [0.25, 0.3) is 0 Å². The van der Waals surface area contributed by atoms with Crippen molar-refractivity contribution in [3.8, 4) is 5.75 Å². The molecule has 1 aliphatic heterocycles. The predicted octanol–water partition coefficient (Wildman–Crippen LogP) is 2.78. The van der Waals surface area contributed by atoms with E-state index in [1.165, 1.54) is 37.3 Å². The van der Waals surface area contributed by atoms with Crippen molar-refractivity contribution < 1.29 is 17.9 Å². The topological polar surface area (TPSA) is 82.2 Å². The fraction of sp³-hybridized carbons (Fsp3) is 0.731. The lowest BCUT2D eigenvalue weighted by atomic mass is 9.88. The molecule has 2 aliphatic rings. The lowest BCUT2D eigenvalue weighted by Gasteiger charge is -2.42. The fourth-order valence-electron chi connectivity index (χ4n) is 5.62. The number of ether oxygens (including phenoxy) is 1. The van der Waals surface area contributed by atoms with Crippen LogP contribution in [-0.2, 0) is 14.8 Å². The summed E-state index contributed by atoms with van der Waals surface area (Å²) in [7, 11) is 3.75. The van der Waals surface area contributed by atoms with Crippen LogP contribution in [-0.4, -0.2) is 94.4 Å². The van der Waals surface area contributed by atoms with E-state index in [0.29, 0.717) is 29.0 Å². The Hall–Kier alpha value is -1.68. The number of aryl methyl sites for hydroxylation is 2. The Morgan fingerprint density at radius 2 is 1.60 bits per heavy atom. The molecule has 9 heteroatoms. The summed E-state index contributed by atoms with van der Waals surface area (Å²) in [4.78, 5) is 17.9. The normalized spacial score (nSPS) is 22.5. The largest absolute Gasteiger partial charge is 0.497 e. The van der Waals surface area contributed by atoms with Crippen LogP contribution in [0.4, 0.5) is 0 Å². The molecule has 8 nitrogen and oxygen atoms in total. The van der Waals surface area contributed by atoms with Gasteiger partial charge in [0.15, 0.2) is 0 Å². The molecule has 2 fully saturated rings. The van der Waals surface area contributed by atoms with Crippen LogP contribution in [0.3, 0.4) is 0 Å². The minimum atomic E-state index is -3.69. The molecule has 1 aliphatic carbocycles. The van der Waals surface area contributed by atoms with Gasteiger partial charge in [0, 0.05) is 38.1 Å². The van der Waals surface area contributed by atoms with E-state index < -0.39 is 10.0 Å². The van der Waals surface area contributed by atoms with Gasteiger partial charge in [0.25, 0.3) is 0 Å². The SMILES string of the molecule is COc1cc(C)c(S(=O)(=O)N(C)CCC(=O)NC2CCC(N3CCC(N(C)C)CC3)CC2)c(C)c1. The molecule has 0 radical (unpaired) electrons. The highest BCUT2D eigenvalue weighted by Gasteiger charge is 2.30. The molecule has 1 aromatic carbocycles. The van der Waals surface area contributed by atoms with Gasteiger partial charge in [-0.25, -0.2) is 12.7 Å². The minimum absolute atomic E-state index is 0.0783. The maximum Gasteiger partial charge on any atom is 0.243 e. The summed E-state index contributed by atoms with van der Waals surface area (Å²) in [5.41, 5.74) is 1.28. The lowest BCUT2D eigenvalue weighted by Crippen LogP contribution is -2.49. The van der Waals surface area contributed by atoms with Gasteiger partial charge < -0.3 is 19.9 Å². The van der Waals surface area contributed by atoms with Crippen molar-refractivity contribution in [2.24, 2.45) is 0 Å². The number of amides is 1. The Bertz CT molecular complexity index is 943. The fourth-order valence-corrected chi connectivity index (χ4v) is 7.20. The smallest absolute Gasteiger partial charge is 0.243 e. The van der Waals surface area contributed by atoms with Crippen molar-refractivity contribution in [3.63, 3.8) is 0 Å². The molecular formula is C26H44N4O4S. The van der Waals surface area contributed by atoms with E-state index in [-0.39, 0.29) is 29.8 Å². The van der Waals surface area contributed by atoms with E-state index in [1.807, 2.05) is 0 Å². The Morgan fingerprint density at radius 1 is 1.03 bits per heavy atom. The highest BCUT2D eigenvalue weighted by Crippen LogP contribution is 2.29. The molecule has 1 heterocycles. The number of carbonyl (C=O) groups excluding carboxylic acids is 1. The number of hydrogen-bond donors (Lipinski definition) is 1. The van der Waals surface area contributed by atoms with Gasteiger partial charge in [-0.1, -0.05) is 0 Å². The average Bonchev–Trinajstić information content (AvgIpc) is 2.82. The zero-order valence-corrected chi connectivity index (χ0v) is 23.2. The van der Waals surface area contributed by atoms with E-state index >= 15 is 0 Å². The van der Waals surface area contributed by atoms with Gasteiger partial charge in [0.2, 0.25) is 15.9 Å². The summed E-state index contributed by atoms with van der Waals surface area (Å²) >= 11 is 0. The maximum atomic E-state index is 13.2. The molecule has 0 unspecified atom stereocenters. The summed E-state index contributed by atoms with van der Waals surface area (Å²) in [6.07, 6.45) is 6.82. The third-order valence-corrected chi connectivity index (χ3v) is 9.96. The molecule has 0 aromatic heterocycles. The number of nitrogens with zero attached hydrogens (tertiary/aromatic N) is 3. The number of piperidine rings is 1. The van der Waals surface area contributed by atoms with Gasteiger partial charge >= 0.3 is 0 Å². The molecular weight excluding hydrogens is 464 g/mol. The van der Waals surface area contributed by atoms with Crippen LogP contribution >= 0.6 is 0 Å². The molecule has 1 amide bonds. The second-order valence-corrected chi connectivity index (χ2v) is 12.5. The molecule has 3 rings (SSSR count). The maximum absolute atomic E-state index is 13.2. The van der Waals surface area contributed by atoms with E-state index in [0.717, 1.165) is 25.7 Å². The number of methoxy groups -OCH3 is 1. The third-order valence-electron chi connectivity index (χ3n) is 7.80. The van der Waals surface area contributed by atoms with Gasteiger partial charge in [-0.15, -0.1) is 0 Å². The summed E-state index contributed by atoms with van der Waals surface area (Å²) in [5, 5.41) is 3.15. The second kappa shape index (κ2) is 12.0. The number of nitrogens with one attached hydrogen (secondary N) is 1. The Labute approximate surface area is 212 Å². The first-order chi connectivity index (χ1) is 16.5. The van der Waals surface area contributed by atoms with Crippen LogP contribution < -0.4 is 10.1 Å². The van der Waals surface area contributed by atoms with E-state index in [4.69, 9.17) is 4.74 Å². The van der Waals surface area contributed by atoms with Crippen molar-refractivity contribution in [1.82, 2.24) is 19.4 Å².